The van der Waals surface area contributed by atoms with Gasteiger partial charge in [-0.25, -0.2) is 13.2 Å². The van der Waals surface area contributed by atoms with Crippen molar-refractivity contribution in [2.45, 2.75) is 37.5 Å². The zero-order chi connectivity index (χ0) is 19.4. The standard InChI is InChI=1S/C20H22ClNO4S/c1-15-7-6-8-17(13-15)26-20(23)16-9-10-18(21)19(14-16)27(24,25)22-11-4-2-3-5-12-22/h6-10,13-14H,2-5,11-12H2,1H3. The Labute approximate surface area is 165 Å². The van der Waals surface area contributed by atoms with Gasteiger partial charge in [0.05, 0.1) is 10.6 Å². The van der Waals surface area contributed by atoms with Gasteiger partial charge in [-0.1, -0.05) is 36.6 Å². The van der Waals surface area contributed by atoms with Crippen molar-refractivity contribution in [2.24, 2.45) is 0 Å². The second kappa shape index (κ2) is 8.42. The average molecular weight is 408 g/mol. The van der Waals surface area contributed by atoms with E-state index in [-0.39, 0.29) is 15.5 Å². The number of aryl methyl sites for hydroxylation is 1. The number of carbonyl (C=O) groups excluding carboxylic acids is 1. The van der Waals surface area contributed by atoms with Crippen molar-refractivity contribution in [3.63, 3.8) is 0 Å². The van der Waals surface area contributed by atoms with Crippen molar-refractivity contribution >= 4 is 27.6 Å². The maximum absolute atomic E-state index is 13.0. The van der Waals surface area contributed by atoms with E-state index in [0.29, 0.717) is 18.8 Å². The summed E-state index contributed by atoms with van der Waals surface area (Å²) in [5.74, 6) is -0.212. The van der Waals surface area contributed by atoms with Gasteiger partial charge in [0.2, 0.25) is 10.0 Å². The number of nitrogens with zero attached hydrogens (tertiary/aromatic N) is 1. The van der Waals surface area contributed by atoms with Gasteiger partial charge in [-0.05, 0) is 55.7 Å². The third-order valence-corrected chi connectivity index (χ3v) is 6.93. The molecule has 27 heavy (non-hydrogen) atoms. The van der Waals surface area contributed by atoms with E-state index in [2.05, 4.69) is 0 Å². The van der Waals surface area contributed by atoms with Gasteiger partial charge in [-0.3, -0.25) is 0 Å². The first-order chi connectivity index (χ1) is 12.9. The zero-order valence-corrected chi connectivity index (χ0v) is 16.7. The maximum atomic E-state index is 13.0. The summed E-state index contributed by atoms with van der Waals surface area (Å²) >= 11 is 6.17. The molecule has 1 fully saturated rings. The van der Waals surface area contributed by atoms with E-state index in [1.54, 1.807) is 18.2 Å². The molecule has 0 radical (unpaired) electrons. The maximum Gasteiger partial charge on any atom is 0.343 e. The first-order valence-electron chi connectivity index (χ1n) is 8.96. The topological polar surface area (TPSA) is 63.7 Å². The summed E-state index contributed by atoms with van der Waals surface area (Å²) < 4.78 is 32.9. The summed E-state index contributed by atoms with van der Waals surface area (Å²) in [7, 11) is -3.76. The molecule has 0 aromatic heterocycles. The molecule has 3 rings (SSSR count). The molecule has 2 aromatic carbocycles. The average Bonchev–Trinajstić information content (AvgIpc) is 2.92. The van der Waals surface area contributed by atoms with E-state index in [9.17, 15) is 13.2 Å². The van der Waals surface area contributed by atoms with E-state index in [4.69, 9.17) is 16.3 Å². The third-order valence-electron chi connectivity index (χ3n) is 4.55. The number of rotatable bonds is 4. The molecule has 5 nitrogen and oxygen atoms in total. The fourth-order valence-electron chi connectivity index (χ4n) is 3.09. The van der Waals surface area contributed by atoms with Crippen molar-refractivity contribution in [1.82, 2.24) is 4.31 Å². The van der Waals surface area contributed by atoms with Crippen LogP contribution in [0.15, 0.2) is 47.4 Å². The smallest absolute Gasteiger partial charge is 0.343 e. The Hall–Kier alpha value is -1.89. The van der Waals surface area contributed by atoms with Crippen LogP contribution in [-0.2, 0) is 10.0 Å². The second-order valence-corrected chi connectivity index (χ2v) is 8.98. The van der Waals surface area contributed by atoms with Gasteiger partial charge in [0, 0.05) is 13.1 Å². The largest absolute Gasteiger partial charge is 0.423 e. The molecule has 0 saturated carbocycles. The molecule has 1 aliphatic rings. The monoisotopic (exact) mass is 407 g/mol. The molecular weight excluding hydrogens is 386 g/mol. The number of esters is 1. The second-order valence-electron chi connectivity index (χ2n) is 6.67. The highest BCUT2D eigenvalue weighted by Crippen LogP contribution is 2.28. The van der Waals surface area contributed by atoms with Crippen LogP contribution in [0.25, 0.3) is 0 Å². The molecule has 0 N–H and O–H groups in total. The number of halogens is 1. The summed E-state index contributed by atoms with van der Waals surface area (Å²) in [4.78, 5) is 12.4. The molecule has 0 amide bonds. The minimum Gasteiger partial charge on any atom is -0.423 e. The van der Waals surface area contributed by atoms with E-state index < -0.39 is 16.0 Å². The summed E-state index contributed by atoms with van der Waals surface area (Å²) in [6.07, 6.45) is 3.68. The van der Waals surface area contributed by atoms with Gasteiger partial charge in [0.1, 0.15) is 10.6 Å². The van der Waals surface area contributed by atoms with Crippen LogP contribution in [0.5, 0.6) is 5.75 Å². The Balaban J connectivity index is 1.88. The Morgan fingerprint density at radius 2 is 1.74 bits per heavy atom. The van der Waals surface area contributed by atoms with Crippen LogP contribution in [0.1, 0.15) is 41.6 Å². The van der Waals surface area contributed by atoms with E-state index in [0.717, 1.165) is 31.2 Å². The Bertz CT molecular complexity index is 935. The zero-order valence-electron chi connectivity index (χ0n) is 15.2. The number of sulfonamides is 1. The predicted octanol–water partition coefficient (Wildman–Crippen LogP) is 4.43. The van der Waals surface area contributed by atoms with E-state index >= 15 is 0 Å². The van der Waals surface area contributed by atoms with Crippen molar-refractivity contribution in [3.05, 3.63) is 58.6 Å². The van der Waals surface area contributed by atoms with Crippen LogP contribution in [0, 0.1) is 6.92 Å². The van der Waals surface area contributed by atoms with Gasteiger partial charge in [0.25, 0.3) is 0 Å². The van der Waals surface area contributed by atoms with E-state index in [1.165, 1.54) is 22.5 Å². The van der Waals surface area contributed by atoms with E-state index in [1.807, 2.05) is 13.0 Å². The Kier molecular flexibility index (Phi) is 6.19. The first kappa shape index (κ1) is 19.9. The van der Waals surface area contributed by atoms with Crippen LogP contribution >= 0.6 is 11.6 Å². The first-order valence-corrected chi connectivity index (χ1v) is 10.8. The normalized spacial score (nSPS) is 15.9. The number of hydrogen-bond acceptors (Lipinski definition) is 4. The molecule has 1 saturated heterocycles. The molecular formula is C20H22ClNO4S. The quantitative estimate of drug-likeness (QED) is 0.555. The molecule has 2 aromatic rings. The lowest BCUT2D eigenvalue weighted by Crippen LogP contribution is -2.32. The molecule has 7 heteroatoms. The highest BCUT2D eigenvalue weighted by atomic mass is 35.5. The number of carbonyl (C=O) groups is 1. The van der Waals surface area contributed by atoms with Gasteiger partial charge in [0.15, 0.2) is 0 Å². The molecule has 0 unspecified atom stereocenters. The van der Waals surface area contributed by atoms with Crippen LogP contribution in [0.3, 0.4) is 0 Å². The van der Waals surface area contributed by atoms with Crippen LogP contribution in [-0.4, -0.2) is 31.8 Å². The fourth-order valence-corrected chi connectivity index (χ4v) is 5.11. The minimum absolute atomic E-state index is 0.0511. The lowest BCUT2D eigenvalue weighted by atomic mass is 10.2. The molecule has 0 atom stereocenters. The van der Waals surface area contributed by atoms with Crippen molar-refractivity contribution in [3.8, 4) is 5.75 Å². The predicted molar refractivity (Wildman–Crippen MR) is 105 cm³/mol. The van der Waals surface area contributed by atoms with Crippen molar-refractivity contribution in [2.75, 3.05) is 13.1 Å². The van der Waals surface area contributed by atoms with Gasteiger partial charge in [-0.2, -0.15) is 4.31 Å². The Morgan fingerprint density at radius 3 is 2.41 bits per heavy atom. The highest BCUT2D eigenvalue weighted by molar-refractivity contribution is 7.89. The van der Waals surface area contributed by atoms with Crippen LogP contribution in [0.2, 0.25) is 5.02 Å². The SMILES string of the molecule is Cc1cccc(OC(=O)c2ccc(Cl)c(S(=O)(=O)N3CCCCCC3)c2)c1. The number of ether oxygens (including phenoxy) is 1. The van der Waals surface area contributed by atoms with Crippen molar-refractivity contribution in [1.29, 1.82) is 0 Å². The van der Waals surface area contributed by atoms with Gasteiger partial charge < -0.3 is 4.74 Å². The number of hydrogen-bond donors (Lipinski definition) is 0. The van der Waals surface area contributed by atoms with Crippen LogP contribution in [0.4, 0.5) is 0 Å². The minimum atomic E-state index is -3.76. The van der Waals surface area contributed by atoms with Crippen molar-refractivity contribution < 1.29 is 17.9 Å². The highest BCUT2D eigenvalue weighted by Gasteiger charge is 2.28. The summed E-state index contributed by atoms with van der Waals surface area (Å²) in [6.45, 7) is 2.83. The Morgan fingerprint density at radius 1 is 1.04 bits per heavy atom. The molecule has 0 bridgehead atoms. The van der Waals surface area contributed by atoms with Crippen LogP contribution < -0.4 is 4.74 Å². The number of benzene rings is 2. The molecule has 0 aliphatic carbocycles. The molecule has 144 valence electrons. The fraction of sp³-hybridized carbons (Fsp3) is 0.350. The third kappa shape index (κ3) is 4.69. The lowest BCUT2D eigenvalue weighted by molar-refractivity contribution is 0.0734. The van der Waals surface area contributed by atoms with Gasteiger partial charge >= 0.3 is 5.97 Å². The molecule has 1 aliphatic heterocycles. The summed E-state index contributed by atoms with van der Waals surface area (Å²) in [5, 5.41) is 0.103. The molecule has 1 heterocycles. The molecule has 0 spiro atoms. The lowest BCUT2D eigenvalue weighted by Gasteiger charge is -2.21. The summed E-state index contributed by atoms with van der Waals surface area (Å²) in [6, 6.07) is 11.3. The summed E-state index contributed by atoms with van der Waals surface area (Å²) in [5.41, 5.74) is 1.11. The van der Waals surface area contributed by atoms with Gasteiger partial charge in [-0.15, -0.1) is 0 Å².